The standard InChI is InChI=1S/C13H19NO/c1-10-6-7-14(9-11(10)2)12-4-3-5-13(15)8-12/h3-5,8,10-11,15H,6-7,9H2,1-2H3. The molecule has 1 aliphatic heterocycles. The van der Waals surface area contributed by atoms with Gasteiger partial charge < -0.3 is 10.0 Å². The number of hydrogen-bond donors (Lipinski definition) is 1. The molecule has 0 radical (unpaired) electrons. The van der Waals surface area contributed by atoms with E-state index in [4.69, 9.17) is 0 Å². The molecule has 0 aliphatic carbocycles. The van der Waals surface area contributed by atoms with Crippen molar-refractivity contribution >= 4 is 5.69 Å². The van der Waals surface area contributed by atoms with Crippen molar-refractivity contribution in [2.24, 2.45) is 11.8 Å². The number of anilines is 1. The molecule has 1 N–H and O–H groups in total. The Balaban J connectivity index is 2.12. The molecule has 1 aliphatic rings. The molecule has 0 saturated carbocycles. The Kier molecular flexibility index (Phi) is 2.85. The van der Waals surface area contributed by atoms with Crippen LogP contribution in [0.2, 0.25) is 0 Å². The first-order valence-corrected chi connectivity index (χ1v) is 5.71. The van der Waals surface area contributed by atoms with Crippen LogP contribution in [-0.4, -0.2) is 18.2 Å². The van der Waals surface area contributed by atoms with E-state index in [9.17, 15) is 5.11 Å². The summed E-state index contributed by atoms with van der Waals surface area (Å²) in [7, 11) is 0. The van der Waals surface area contributed by atoms with E-state index in [1.165, 1.54) is 6.42 Å². The summed E-state index contributed by atoms with van der Waals surface area (Å²) >= 11 is 0. The summed E-state index contributed by atoms with van der Waals surface area (Å²) in [5, 5.41) is 9.43. The van der Waals surface area contributed by atoms with E-state index in [1.807, 2.05) is 12.1 Å². The Morgan fingerprint density at radius 3 is 2.73 bits per heavy atom. The Bertz CT molecular complexity index is 337. The lowest BCUT2D eigenvalue weighted by molar-refractivity contribution is 0.324. The van der Waals surface area contributed by atoms with E-state index >= 15 is 0 Å². The Morgan fingerprint density at radius 2 is 2.07 bits per heavy atom. The van der Waals surface area contributed by atoms with Crippen molar-refractivity contribution in [2.45, 2.75) is 20.3 Å². The molecule has 1 saturated heterocycles. The van der Waals surface area contributed by atoms with Crippen LogP contribution in [0.3, 0.4) is 0 Å². The normalized spacial score (nSPS) is 26.7. The first-order chi connectivity index (χ1) is 7.16. The monoisotopic (exact) mass is 205 g/mol. The fraction of sp³-hybridized carbons (Fsp3) is 0.538. The molecule has 0 spiro atoms. The highest BCUT2D eigenvalue weighted by Crippen LogP contribution is 2.28. The maximum Gasteiger partial charge on any atom is 0.117 e. The van der Waals surface area contributed by atoms with Crippen LogP contribution in [0.4, 0.5) is 5.69 Å². The molecule has 2 heteroatoms. The summed E-state index contributed by atoms with van der Waals surface area (Å²) in [6.45, 7) is 6.84. The third-order valence-electron chi connectivity index (χ3n) is 3.53. The van der Waals surface area contributed by atoms with Gasteiger partial charge in [0.2, 0.25) is 0 Å². The van der Waals surface area contributed by atoms with Gasteiger partial charge in [-0.1, -0.05) is 19.9 Å². The number of piperidine rings is 1. The highest BCUT2D eigenvalue weighted by Gasteiger charge is 2.22. The SMILES string of the molecule is CC1CCN(c2cccc(O)c2)CC1C. The van der Waals surface area contributed by atoms with Crippen LogP contribution >= 0.6 is 0 Å². The zero-order valence-electron chi connectivity index (χ0n) is 9.48. The van der Waals surface area contributed by atoms with Crippen molar-refractivity contribution < 1.29 is 5.11 Å². The van der Waals surface area contributed by atoms with Gasteiger partial charge in [0, 0.05) is 24.8 Å². The molecule has 2 nitrogen and oxygen atoms in total. The van der Waals surface area contributed by atoms with Gasteiger partial charge in [0.05, 0.1) is 0 Å². The van der Waals surface area contributed by atoms with E-state index in [-0.39, 0.29) is 0 Å². The molecule has 82 valence electrons. The zero-order chi connectivity index (χ0) is 10.8. The van der Waals surface area contributed by atoms with Gasteiger partial charge in [-0.2, -0.15) is 0 Å². The van der Waals surface area contributed by atoms with Crippen LogP contribution in [0.15, 0.2) is 24.3 Å². The summed E-state index contributed by atoms with van der Waals surface area (Å²) in [6.07, 6.45) is 1.25. The van der Waals surface area contributed by atoms with Crippen LogP contribution < -0.4 is 4.90 Å². The summed E-state index contributed by atoms with van der Waals surface area (Å²) in [5.41, 5.74) is 1.15. The molecule has 1 fully saturated rings. The smallest absolute Gasteiger partial charge is 0.117 e. The van der Waals surface area contributed by atoms with Crippen LogP contribution in [0, 0.1) is 11.8 Å². The fourth-order valence-corrected chi connectivity index (χ4v) is 2.19. The van der Waals surface area contributed by atoms with E-state index < -0.39 is 0 Å². The number of phenolic OH excluding ortho intramolecular Hbond substituents is 1. The number of nitrogens with zero attached hydrogens (tertiary/aromatic N) is 1. The molecular weight excluding hydrogens is 186 g/mol. The minimum absolute atomic E-state index is 0.360. The van der Waals surface area contributed by atoms with Crippen LogP contribution in [-0.2, 0) is 0 Å². The van der Waals surface area contributed by atoms with Crippen LogP contribution in [0.1, 0.15) is 20.3 Å². The summed E-state index contributed by atoms with van der Waals surface area (Å²) < 4.78 is 0. The second-order valence-electron chi connectivity index (χ2n) is 4.71. The molecule has 2 unspecified atom stereocenters. The quantitative estimate of drug-likeness (QED) is 0.762. The van der Waals surface area contributed by atoms with E-state index in [2.05, 4.69) is 24.8 Å². The van der Waals surface area contributed by atoms with Gasteiger partial charge in [-0.15, -0.1) is 0 Å². The first kappa shape index (κ1) is 10.3. The lowest BCUT2D eigenvalue weighted by Gasteiger charge is -2.36. The van der Waals surface area contributed by atoms with Crippen LogP contribution in [0.5, 0.6) is 5.75 Å². The third kappa shape index (κ3) is 2.25. The molecule has 0 aromatic heterocycles. The zero-order valence-corrected chi connectivity index (χ0v) is 9.48. The number of rotatable bonds is 1. The predicted molar refractivity (Wildman–Crippen MR) is 63.3 cm³/mol. The molecule has 1 aromatic carbocycles. The van der Waals surface area contributed by atoms with Gasteiger partial charge in [0.15, 0.2) is 0 Å². The highest BCUT2D eigenvalue weighted by atomic mass is 16.3. The minimum Gasteiger partial charge on any atom is -0.508 e. The van der Waals surface area contributed by atoms with Crippen molar-refractivity contribution in [2.75, 3.05) is 18.0 Å². The second-order valence-corrected chi connectivity index (χ2v) is 4.71. The van der Waals surface area contributed by atoms with Crippen molar-refractivity contribution in [1.82, 2.24) is 0 Å². The lowest BCUT2D eigenvalue weighted by atomic mass is 9.88. The van der Waals surface area contributed by atoms with Gasteiger partial charge >= 0.3 is 0 Å². The maximum atomic E-state index is 9.43. The molecule has 2 atom stereocenters. The summed E-state index contributed by atoms with van der Waals surface area (Å²) in [4.78, 5) is 2.37. The third-order valence-corrected chi connectivity index (χ3v) is 3.53. The van der Waals surface area contributed by atoms with Crippen molar-refractivity contribution in [1.29, 1.82) is 0 Å². The van der Waals surface area contributed by atoms with Gasteiger partial charge in [-0.05, 0) is 30.4 Å². The van der Waals surface area contributed by atoms with Gasteiger partial charge in [-0.25, -0.2) is 0 Å². The highest BCUT2D eigenvalue weighted by molar-refractivity contribution is 5.50. The second kappa shape index (κ2) is 4.13. The molecular formula is C13H19NO. The van der Waals surface area contributed by atoms with E-state index in [0.29, 0.717) is 5.75 Å². The molecule has 1 heterocycles. The molecule has 0 amide bonds. The average Bonchev–Trinajstić information content (AvgIpc) is 2.22. The average molecular weight is 205 g/mol. The number of phenols is 1. The first-order valence-electron chi connectivity index (χ1n) is 5.71. The van der Waals surface area contributed by atoms with Crippen molar-refractivity contribution in [3.8, 4) is 5.75 Å². The topological polar surface area (TPSA) is 23.5 Å². The predicted octanol–water partition coefficient (Wildman–Crippen LogP) is 2.87. The molecule has 15 heavy (non-hydrogen) atoms. The Morgan fingerprint density at radius 1 is 1.27 bits per heavy atom. The number of aromatic hydroxyl groups is 1. The van der Waals surface area contributed by atoms with Gasteiger partial charge in [-0.3, -0.25) is 0 Å². The number of benzene rings is 1. The number of hydrogen-bond acceptors (Lipinski definition) is 2. The van der Waals surface area contributed by atoms with Crippen LogP contribution in [0.25, 0.3) is 0 Å². The van der Waals surface area contributed by atoms with Crippen molar-refractivity contribution in [3.05, 3.63) is 24.3 Å². The minimum atomic E-state index is 0.360. The van der Waals surface area contributed by atoms with Crippen molar-refractivity contribution in [3.63, 3.8) is 0 Å². The molecule has 1 aromatic rings. The van der Waals surface area contributed by atoms with Gasteiger partial charge in [0.25, 0.3) is 0 Å². The fourth-order valence-electron chi connectivity index (χ4n) is 2.19. The van der Waals surface area contributed by atoms with E-state index in [1.54, 1.807) is 6.07 Å². The Labute approximate surface area is 91.5 Å². The largest absolute Gasteiger partial charge is 0.508 e. The molecule has 2 rings (SSSR count). The maximum absolute atomic E-state index is 9.43. The summed E-state index contributed by atoms with van der Waals surface area (Å²) in [5.74, 6) is 1.92. The lowest BCUT2D eigenvalue weighted by Crippen LogP contribution is -2.38. The van der Waals surface area contributed by atoms with E-state index in [0.717, 1.165) is 30.6 Å². The summed E-state index contributed by atoms with van der Waals surface area (Å²) in [6, 6.07) is 7.55. The molecule has 0 bridgehead atoms. The van der Waals surface area contributed by atoms with Gasteiger partial charge in [0.1, 0.15) is 5.75 Å². The Hall–Kier alpha value is -1.18.